The number of benzene rings is 1. The third-order valence-electron chi connectivity index (χ3n) is 5.75. The van der Waals surface area contributed by atoms with E-state index in [1.54, 1.807) is 11.0 Å². The number of β-amino-alcohol motifs (C(OH)–C–C–N with tert-alkyl or cyclic N) is 1. The van der Waals surface area contributed by atoms with Gasteiger partial charge in [0, 0.05) is 50.4 Å². The first-order valence-electron chi connectivity index (χ1n) is 11.3. The Morgan fingerprint density at radius 2 is 1.97 bits per heavy atom. The molecule has 0 bridgehead atoms. The van der Waals surface area contributed by atoms with Gasteiger partial charge in [0.25, 0.3) is 0 Å². The zero-order chi connectivity index (χ0) is 25.7. The topological polar surface area (TPSA) is 123 Å². The van der Waals surface area contributed by atoms with Crippen LogP contribution in [-0.4, -0.2) is 86.5 Å². The van der Waals surface area contributed by atoms with Crippen LogP contribution in [0.1, 0.15) is 17.7 Å². The summed E-state index contributed by atoms with van der Waals surface area (Å²) in [5.74, 6) is 0.484. The molecule has 1 saturated heterocycles. The number of aliphatic hydroxyl groups excluding tert-OH is 1. The van der Waals surface area contributed by atoms with Crippen LogP contribution >= 0.6 is 11.6 Å². The predicted molar refractivity (Wildman–Crippen MR) is 129 cm³/mol. The van der Waals surface area contributed by atoms with Crippen molar-refractivity contribution in [2.45, 2.75) is 13.0 Å². The average molecular weight is 522 g/mol. The van der Waals surface area contributed by atoms with Crippen LogP contribution in [-0.2, 0) is 11.2 Å². The van der Waals surface area contributed by atoms with Gasteiger partial charge in [-0.1, -0.05) is 29.8 Å². The van der Waals surface area contributed by atoms with E-state index in [9.17, 15) is 13.6 Å². The summed E-state index contributed by atoms with van der Waals surface area (Å²) >= 11 is 5.99. The molecule has 0 atom stereocenters. The number of alkyl halides is 2. The van der Waals surface area contributed by atoms with E-state index in [1.165, 1.54) is 12.3 Å². The number of aliphatic hydroxyl groups is 1. The van der Waals surface area contributed by atoms with E-state index in [4.69, 9.17) is 27.2 Å². The van der Waals surface area contributed by atoms with E-state index in [-0.39, 0.29) is 48.0 Å². The fourth-order valence-corrected chi connectivity index (χ4v) is 4.21. The summed E-state index contributed by atoms with van der Waals surface area (Å²) in [7, 11) is 0. The molecule has 1 amide bonds. The Balaban J connectivity index is 1.47. The first-order chi connectivity index (χ1) is 17.3. The van der Waals surface area contributed by atoms with Gasteiger partial charge in [-0.2, -0.15) is 13.9 Å². The van der Waals surface area contributed by atoms with Crippen LogP contribution in [0.2, 0.25) is 5.15 Å². The highest BCUT2D eigenvalue weighted by atomic mass is 35.5. The number of piperazine rings is 1. The van der Waals surface area contributed by atoms with Gasteiger partial charge >= 0.3 is 6.55 Å². The molecular formula is C23H26ClF2N7O3. The second-order valence-electron chi connectivity index (χ2n) is 8.21. The van der Waals surface area contributed by atoms with Crippen LogP contribution in [0.4, 0.5) is 14.7 Å². The number of halogens is 3. The fraction of sp³-hybridized carbons (Fsp3) is 0.391. The minimum Gasteiger partial charge on any atom is -0.492 e. The number of nitrogen functional groups attached to an aromatic ring is 1. The van der Waals surface area contributed by atoms with Crippen molar-refractivity contribution in [1.82, 2.24) is 29.5 Å². The van der Waals surface area contributed by atoms with Gasteiger partial charge in [-0.3, -0.25) is 9.69 Å². The number of para-hydroxylation sites is 1. The molecule has 10 nitrogen and oxygen atoms in total. The highest BCUT2D eigenvalue weighted by Crippen LogP contribution is 2.29. The number of nitrogens with two attached hydrogens (primary N) is 1. The number of carbonyl (C=O) groups is 1. The van der Waals surface area contributed by atoms with Crippen molar-refractivity contribution >= 4 is 23.5 Å². The number of hydrogen-bond donors (Lipinski definition) is 2. The van der Waals surface area contributed by atoms with Crippen LogP contribution in [0.5, 0.6) is 5.75 Å². The lowest BCUT2D eigenvalue weighted by Crippen LogP contribution is -2.51. The van der Waals surface area contributed by atoms with Crippen molar-refractivity contribution in [3.8, 4) is 17.1 Å². The van der Waals surface area contributed by atoms with E-state index >= 15 is 0 Å². The molecule has 1 aliphatic heterocycles. The van der Waals surface area contributed by atoms with Gasteiger partial charge in [-0.05, 0) is 11.6 Å². The summed E-state index contributed by atoms with van der Waals surface area (Å²) in [4.78, 5) is 23.7. The first-order valence-corrected chi connectivity index (χ1v) is 11.7. The zero-order valence-corrected chi connectivity index (χ0v) is 20.1. The van der Waals surface area contributed by atoms with Gasteiger partial charge in [0.15, 0.2) is 0 Å². The van der Waals surface area contributed by atoms with E-state index < -0.39 is 6.55 Å². The maximum Gasteiger partial charge on any atom is 0.333 e. The molecule has 2 aromatic heterocycles. The van der Waals surface area contributed by atoms with E-state index in [1.807, 2.05) is 23.1 Å². The van der Waals surface area contributed by atoms with Crippen molar-refractivity contribution < 1.29 is 23.4 Å². The number of hydrogen-bond acceptors (Lipinski definition) is 8. The number of anilines is 1. The Hall–Kier alpha value is -3.35. The number of nitrogens with zero attached hydrogens (tertiary/aromatic N) is 6. The Morgan fingerprint density at radius 1 is 1.17 bits per heavy atom. The van der Waals surface area contributed by atoms with Crippen molar-refractivity contribution in [1.29, 1.82) is 0 Å². The Kier molecular flexibility index (Phi) is 8.28. The number of ether oxygens (including phenoxy) is 1. The first kappa shape index (κ1) is 25.7. The number of aromatic nitrogens is 4. The van der Waals surface area contributed by atoms with Crippen LogP contribution < -0.4 is 10.5 Å². The molecule has 192 valence electrons. The second kappa shape index (κ2) is 11.6. The maximum atomic E-state index is 13.4. The average Bonchev–Trinajstić information content (AvgIpc) is 3.26. The van der Waals surface area contributed by atoms with Gasteiger partial charge in [0.2, 0.25) is 11.9 Å². The van der Waals surface area contributed by atoms with Gasteiger partial charge < -0.3 is 20.5 Å². The lowest BCUT2D eigenvalue weighted by Gasteiger charge is -2.33. The molecule has 0 unspecified atom stereocenters. The predicted octanol–water partition coefficient (Wildman–Crippen LogP) is 2.08. The molecule has 0 saturated carbocycles. The van der Waals surface area contributed by atoms with Crippen LogP contribution in [0, 0.1) is 0 Å². The Morgan fingerprint density at radius 3 is 2.69 bits per heavy atom. The van der Waals surface area contributed by atoms with Crippen molar-refractivity contribution in [3.05, 3.63) is 52.8 Å². The third-order valence-corrected chi connectivity index (χ3v) is 5.94. The molecule has 3 heterocycles. The minimum atomic E-state index is -2.83. The minimum absolute atomic E-state index is 0.0234. The summed E-state index contributed by atoms with van der Waals surface area (Å²) in [6.07, 6.45) is 1.51. The number of rotatable bonds is 10. The Labute approximate surface area is 211 Å². The van der Waals surface area contributed by atoms with E-state index in [0.29, 0.717) is 48.8 Å². The smallest absolute Gasteiger partial charge is 0.333 e. The van der Waals surface area contributed by atoms with Gasteiger partial charge in [-0.25, -0.2) is 14.6 Å². The lowest BCUT2D eigenvalue weighted by molar-refractivity contribution is -0.136. The van der Waals surface area contributed by atoms with Gasteiger partial charge in [0.05, 0.1) is 18.8 Å². The zero-order valence-electron chi connectivity index (χ0n) is 19.4. The molecule has 13 heteroatoms. The molecule has 3 aromatic rings. The molecule has 3 N–H and O–H groups in total. The highest BCUT2D eigenvalue weighted by Gasteiger charge is 2.23. The van der Waals surface area contributed by atoms with Crippen LogP contribution in [0.25, 0.3) is 11.4 Å². The van der Waals surface area contributed by atoms with Gasteiger partial charge in [-0.15, -0.1) is 0 Å². The van der Waals surface area contributed by atoms with Crippen LogP contribution in [0.3, 0.4) is 0 Å². The standard InChI is InChI=1S/C23H26ClF2N7O3/c24-19-12-17(28-23(27)29-19)21-16(13-33(30-21)22(25)26)11-15-3-1-2-4-18(15)36-10-8-31-5-6-32(7-9-34)20(35)14-31/h1-4,12-13,22,34H,5-11,14H2,(H2,27,28,29). The maximum absolute atomic E-state index is 13.4. The third kappa shape index (κ3) is 6.25. The number of carbonyl (C=O) groups excluding carboxylic acids is 1. The summed E-state index contributed by atoms with van der Waals surface area (Å²) in [5.41, 5.74) is 7.41. The van der Waals surface area contributed by atoms with Crippen molar-refractivity contribution in [2.24, 2.45) is 0 Å². The van der Waals surface area contributed by atoms with E-state index in [2.05, 4.69) is 15.1 Å². The molecule has 36 heavy (non-hydrogen) atoms. The monoisotopic (exact) mass is 521 g/mol. The summed E-state index contributed by atoms with van der Waals surface area (Å²) in [6.45, 7) is -0.144. The van der Waals surface area contributed by atoms with Crippen molar-refractivity contribution in [2.75, 3.05) is 51.7 Å². The Bertz CT molecular complexity index is 1190. The molecule has 1 aliphatic rings. The van der Waals surface area contributed by atoms with Crippen LogP contribution in [0.15, 0.2) is 36.5 Å². The summed E-state index contributed by atoms with van der Waals surface area (Å²) in [6, 6.07) is 8.72. The molecule has 0 aliphatic carbocycles. The highest BCUT2D eigenvalue weighted by molar-refractivity contribution is 6.29. The second-order valence-corrected chi connectivity index (χ2v) is 8.60. The summed E-state index contributed by atoms with van der Waals surface area (Å²) < 4.78 is 33.5. The molecular weight excluding hydrogens is 496 g/mol. The quantitative estimate of drug-likeness (QED) is 0.389. The van der Waals surface area contributed by atoms with Gasteiger partial charge in [0.1, 0.15) is 23.2 Å². The largest absolute Gasteiger partial charge is 0.492 e. The SMILES string of the molecule is Nc1nc(Cl)cc(-c2nn(C(F)F)cc2Cc2ccccc2OCCN2CCN(CCO)C(=O)C2)n1. The fourth-order valence-electron chi connectivity index (χ4n) is 4.02. The molecule has 0 spiro atoms. The molecule has 4 rings (SSSR count). The lowest BCUT2D eigenvalue weighted by atomic mass is 10.0. The summed E-state index contributed by atoms with van der Waals surface area (Å²) in [5, 5.41) is 13.1. The molecule has 1 fully saturated rings. The van der Waals surface area contributed by atoms with E-state index in [0.717, 1.165) is 5.56 Å². The molecule has 0 radical (unpaired) electrons. The molecule has 1 aromatic carbocycles. The number of amides is 1. The normalized spacial score (nSPS) is 14.6. The van der Waals surface area contributed by atoms with Crippen molar-refractivity contribution in [3.63, 3.8) is 0 Å².